The van der Waals surface area contributed by atoms with Crippen molar-refractivity contribution in [2.24, 2.45) is 0 Å². The number of hydrogen-bond acceptors (Lipinski definition) is 3. The normalized spacial score (nSPS) is 10.7. The third-order valence-corrected chi connectivity index (χ3v) is 4.52. The van der Waals surface area contributed by atoms with Crippen LogP contribution in [-0.2, 0) is 6.54 Å². The first-order valence-corrected chi connectivity index (χ1v) is 9.40. The number of hydrogen-bond donors (Lipinski definition) is 2. The largest absolute Gasteiger partial charge is 0.375 e. The Labute approximate surface area is 164 Å². The number of halogens is 1. The number of fused-ring (bicyclic) bond motifs is 1. The molecule has 0 fully saturated rings. The molecule has 3 aromatic rings. The Kier molecular flexibility index (Phi) is 6.54. The Morgan fingerprint density at radius 1 is 1.11 bits per heavy atom. The molecule has 142 valence electrons. The van der Waals surface area contributed by atoms with E-state index in [1.807, 2.05) is 34.9 Å². The van der Waals surface area contributed by atoms with E-state index >= 15 is 0 Å². The Bertz CT molecular complexity index is 880. The second kappa shape index (κ2) is 9.28. The highest BCUT2D eigenvalue weighted by Crippen LogP contribution is 2.12. The highest BCUT2D eigenvalue weighted by molar-refractivity contribution is 6.30. The van der Waals surface area contributed by atoms with Gasteiger partial charge in [0.2, 0.25) is 0 Å². The Morgan fingerprint density at radius 2 is 1.93 bits per heavy atom. The fourth-order valence-electron chi connectivity index (χ4n) is 2.82. The van der Waals surface area contributed by atoms with Crippen LogP contribution in [0.3, 0.4) is 0 Å². The first kappa shape index (κ1) is 19.0. The van der Waals surface area contributed by atoms with Crippen molar-refractivity contribution >= 4 is 29.0 Å². The number of carbonyl (C=O) groups is 1. The molecule has 0 saturated carbocycles. The maximum atomic E-state index is 11.9. The van der Waals surface area contributed by atoms with Gasteiger partial charge >= 0.3 is 6.03 Å². The molecule has 3 rings (SSSR count). The van der Waals surface area contributed by atoms with Crippen molar-refractivity contribution in [1.29, 1.82) is 0 Å². The lowest BCUT2D eigenvalue weighted by atomic mass is 10.2. The van der Waals surface area contributed by atoms with E-state index in [0.717, 1.165) is 30.7 Å². The van der Waals surface area contributed by atoms with Crippen molar-refractivity contribution in [3.8, 4) is 0 Å². The Balaban J connectivity index is 1.32. The lowest BCUT2D eigenvalue weighted by Gasteiger charge is -2.19. The summed E-state index contributed by atoms with van der Waals surface area (Å²) in [5, 5.41) is 6.36. The minimum Gasteiger partial charge on any atom is -0.375 e. The van der Waals surface area contributed by atoms with Crippen LogP contribution < -0.4 is 15.5 Å². The molecule has 7 heteroatoms. The van der Waals surface area contributed by atoms with E-state index in [9.17, 15) is 4.79 Å². The van der Waals surface area contributed by atoms with E-state index in [1.54, 1.807) is 12.3 Å². The number of carbonyl (C=O) groups excluding carboxylic acids is 1. The lowest BCUT2D eigenvalue weighted by Crippen LogP contribution is -2.35. The summed E-state index contributed by atoms with van der Waals surface area (Å²) >= 11 is 5.96. The Hall–Kier alpha value is -2.73. The molecule has 2 amide bonds. The van der Waals surface area contributed by atoms with Gasteiger partial charge in [-0.1, -0.05) is 29.8 Å². The summed E-state index contributed by atoms with van der Waals surface area (Å²) in [6.07, 6.45) is 5.59. The summed E-state index contributed by atoms with van der Waals surface area (Å²) in [6, 6.07) is 13.7. The van der Waals surface area contributed by atoms with Gasteiger partial charge in [-0.05, 0) is 37.1 Å². The zero-order chi connectivity index (χ0) is 19.1. The predicted octanol–water partition coefficient (Wildman–Crippen LogP) is 3.70. The minimum absolute atomic E-state index is 0.179. The summed E-state index contributed by atoms with van der Waals surface area (Å²) in [5.74, 6) is 0. The summed E-state index contributed by atoms with van der Waals surface area (Å²) in [7, 11) is 2.08. The average molecular weight is 386 g/mol. The van der Waals surface area contributed by atoms with Gasteiger partial charge in [0, 0.05) is 38.2 Å². The SMILES string of the molecule is CN(CCCCNC(=O)NCc1cn2cc(Cl)ccc2n1)c1ccccc1. The van der Waals surface area contributed by atoms with Gasteiger partial charge in [0.15, 0.2) is 0 Å². The minimum atomic E-state index is -0.179. The number of rotatable bonds is 8. The van der Waals surface area contributed by atoms with Gasteiger partial charge in [-0.25, -0.2) is 9.78 Å². The first-order valence-electron chi connectivity index (χ1n) is 9.03. The second-order valence-corrected chi connectivity index (χ2v) is 6.86. The smallest absolute Gasteiger partial charge is 0.315 e. The summed E-state index contributed by atoms with van der Waals surface area (Å²) in [6.45, 7) is 1.98. The highest BCUT2D eigenvalue weighted by Gasteiger charge is 2.05. The fraction of sp³-hybridized carbons (Fsp3) is 0.300. The first-order chi connectivity index (χ1) is 13.1. The molecule has 2 heterocycles. The highest BCUT2D eigenvalue weighted by atomic mass is 35.5. The van der Waals surface area contributed by atoms with E-state index in [2.05, 4.69) is 39.7 Å². The van der Waals surface area contributed by atoms with Gasteiger partial charge in [0.1, 0.15) is 5.65 Å². The molecule has 0 aliphatic carbocycles. The van der Waals surface area contributed by atoms with Crippen molar-refractivity contribution in [3.63, 3.8) is 0 Å². The average Bonchev–Trinajstić information content (AvgIpc) is 3.08. The topological polar surface area (TPSA) is 61.7 Å². The molecule has 0 atom stereocenters. The van der Waals surface area contributed by atoms with E-state index in [-0.39, 0.29) is 6.03 Å². The molecule has 27 heavy (non-hydrogen) atoms. The van der Waals surface area contributed by atoms with Gasteiger partial charge in [-0.3, -0.25) is 0 Å². The van der Waals surface area contributed by atoms with Crippen LogP contribution in [0.15, 0.2) is 54.9 Å². The standard InChI is InChI=1S/C20H24ClN5O/c1-25(18-7-3-2-4-8-18)12-6-5-11-22-20(27)23-13-17-15-26-14-16(21)9-10-19(26)24-17/h2-4,7-10,14-15H,5-6,11-13H2,1H3,(H2,22,23,27). The van der Waals surface area contributed by atoms with Crippen LogP contribution in [0, 0.1) is 0 Å². The summed E-state index contributed by atoms with van der Waals surface area (Å²) in [5.41, 5.74) is 2.80. The molecule has 0 aliphatic rings. The zero-order valence-corrected chi connectivity index (χ0v) is 16.1. The van der Waals surface area contributed by atoms with Crippen molar-refractivity contribution in [2.75, 3.05) is 25.0 Å². The van der Waals surface area contributed by atoms with E-state index in [0.29, 0.717) is 18.1 Å². The molecule has 2 aromatic heterocycles. The fourth-order valence-corrected chi connectivity index (χ4v) is 2.99. The van der Waals surface area contributed by atoms with Crippen LogP contribution in [0.2, 0.25) is 5.02 Å². The monoisotopic (exact) mass is 385 g/mol. The van der Waals surface area contributed by atoms with Crippen molar-refractivity contribution in [1.82, 2.24) is 20.0 Å². The van der Waals surface area contributed by atoms with Crippen LogP contribution in [0.5, 0.6) is 0 Å². The van der Waals surface area contributed by atoms with Crippen molar-refractivity contribution in [2.45, 2.75) is 19.4 Å². The van der Waals surface area contributed by atoms with E-state index in [4.69, 9.17) is 11.6 Å². The number of unbranched alkanes of at least 4 members (excludes halogenated alkanes) is 1. The Morgan fingerprint density at radius 3 is 2.74 bits per heavy atom. The van der Waals surface area contributed by atoms with Gasteiger partial charge in [-0.15, -0.1) is 0 Å². The van der Waals surface area contributed by atoms with Crippen LogP contribution >= 0.6 is 11.6 Å². The number of imidazole rings is 1. The van der Waals surface area contributed by atoms with Crippen LogP contribution in [0.1, 0.15) is 18.5 Å². The van der Waals surface area contributed by atoms with E-state index in [1.165, 1.54) is 5.69 Å². The quantitative estimate of drug-likeness (QED) is 0.581. The number of pyridine rings is 1. The van der Waals surface area contributed by atoms with Crippen molar-refractivity contribution < 1.29 is 4.79 Å². The predicted molar refractivity (Wildman–Crippen MR) is 109 cm³/mol. The molecule has 6 nitrogen and oxygen atoms in total. The molecule has 0 spiro atoms. The van der Waals surface area contributed by atoms with Crippen LogP contribution in [0.4, 0.5) is 10.5 Å². The maximum absolute atomic E-state index is 11.9. The van der Waals surface area contributed by atoms with Gasteiger partial charge in [0.05, 0.1) is 17.3 Å². The van der Waals surface area contributed by atoms with Crippen molar-refractivity contribution in [3.05, 3.63) is 65.6 Å². The third kappa shape index (κ3) is 5.62. The zero-order valence-electron chi connectivity index (χ0n) is 15.4. The molecule has 0 bridgehead atoms. The van der Waals surface area contributed by atoms with Gasteiger partial charge in [0.25, 0.3) is 0 Å². The molecule has 2 N–H and O–H groups in total. The number of benzene rings is 1. The molecular weight excluding hydrogens is 362 g/mol. The van der Waals surface area contributed by atoms with Gasteiger partial charge < -0.3 is 19.9 Å². The molecule has 0 radical (unpaired) electrons. The number of anilines is 1. The number of nitrogens with one attached hydrogen (secondary N) is 2. The molecule has 1 aromatic carbocycles. The number of para-hydroxylation sites is 1. The number of urea groups is 1. The number of aromatic nitrogens is 2. The third-order valence-electron chi connectivity index (χ3n) is 4.30. The van der Waals surface area contributed by atoms with Crippen LogP contribution in [0.25, 0.3) is 5.65 Å². The van der Waals surface area contributed by atoms with Crippen LogP contribution in [-0.4, -0.2) is 35.6 Å². The lowest BCUT2D eigenvalue weighted by molar-refractivity contribution is 0.240. The van der Waals surface area contributed by atoms with Gasteiger partial charge in [-0.2, -0.15) is 0 Å². The number of amides is 2. The summed E-state index contributed by atoms with van der Waals surface area (Å²) in [4.78, 5) is 18.6. The summed E-state index contributed by atoms with van der Waals surface area (Å²) < 4.78 is 1.85. The number of nitrogens with zero attached hydrogens (tertiary/aromatic N) is 3. The molecular formula is C20H24ClN5O. The molecule has 0 aliphatic heterocycles. The maximum Gasteiger partial charge on any atom is 0.315 e. The second-order valence-electron chi connectivity index (χ2n) is 6.42. The molecule has 0 unspecified atom stereocenters. The van der Waals surface area contributed by atoms with E-state index < -0.39 is 0 Å². The molecule has 0 saturated heterocycles.